The largest absolute Gasteiger partial charge is 0.349 e. The highest BCUT2D eigenvalue weighted by Gasteiger charge is 2.23. The molecule has 2 aromatic carbocycles. The Morgan fingerprint density at radius 2 is 1.79 bits per heavy atom. The summed E-state index contributed by atoms with van der Waals surface area (Å²) in [7, 11) is 0. The summed E-state index contributed by atoms with van der Waals surface area (Å²) in [4.78, 5) is 29.9. The molecule has 0 saturated heterocycles. The molecule has 146 valence electrons. The van der Waals surface area contributed by atoms with Crippen LogP contribution in [-0.4, -0.2) is 22.8 Å². The van der Waals surface area contributed by atoms with Gasteiger partial charge in [-0.1, -0.05) is 12.1 Å². The smallest absolute Gasteiger partial charge is 0.255 e. The summed E-state index contributed by atoms with van der Waals surface area (Å²) in [5.41, 5.74) is 2.89. The number of pyridine rings is 1. The summed E-state index contributed by atoms with van der Waals surface area (Å²) in [5, 5.41) is 5.82. The standard InChI is InChI=1S/C23H21N3O2S/c27-22(26-20-5-1-4-18(13-20)23(28)25-19-8-9-19)17-6-10-21(11-7-17)29-15-16-3-2-12-24-14-16/h1-7,10-14,19H,8-9,15H2,(H,25,28)(H,26,27). The van der Waals surface area contributed by atoms with Crippen molar-refractivity contribution in [1.29, 1.82) is 0 Å². The fraction of sp³-hybridized carbons (Fsp3) is 0.174. The zero-order valence-corrected chi connectivity index (χ0v) is 16.6. The van der Waals surface area contributed by atoms with Gasteiger partial charge >= 0.3 is 0 Å². The Kier molecular flexibility index (Phi) is 5.91. The Labute approximate surface area is 173 Å². The van der Waals surface area contributed by atoms with Crippen LogP contribution in [0.5, 0.6) is 0 Å². The lowest BCUT2D eigenvalue weighted by atomic mass is 10.1. The van der Waals surface area contributed by atoms with Gasteiger partial charge in [-0.15, -0.1) is 11.8 Å². The van der Waals surface area contributed by atoms with Crippen molar-refractivity contribution in [3.8, 4) is 0 Å². The molecule has 3 aromatic rings. The Morgan fingerprint density at radius 3 is 2.52 bits per heavy atom. The second kappa shape index (κ2) is 8.92. The van der Waals surface area contributed by atoms with Crippen molar-refractivity contribution < 1.29 is 9.59 Å². The number of amides is 2. The lowest BCUT2D eigenvalue weighted by Crippen LogP contribution is -2.25. The van der Waals surface area contributed by atoms with Gasteiger partial charge in [0.15, 0.2) is 0 Å². The van der Waals surface area contributed by atoms with Crippen molar-refractivity contribution in [2.45, 2.75) is 29.5 Å². The number of anilines is 1. The maximum Gasteiger partial charge on any atom is 0.255 e. The van der Waals surface area contributed by atoms with Crippen LogP contribution in [-0.2, 0) is 5.75 Å². The molecule has 1 saturated carbocycles. The van der Waals surface area contributed by atoms with E-state index in [1.54, 1.807) is 42.2 Å². The monoisotopic (exact) mass is 403 g/mol. The van der Waals surface area contributed by atoms with E-state index < -0.39 is 0 Å². The molecule has 1 aliphatic rings. The van der Waals surface area contributed by atoms with Crippen molar-refractivity contribution in [2.75, 3.05) is 5.32 Å². The van der Waals surface area contributed by atoms with E-state index in [2.05, 4.69) is 15.6 Å². The maximum absolute atomic E-state index is 12.5. The highest BCUT2D eigenvalue weighted by molar-refractivity contribution is 7.98. The zero-order valence-electron chi connectivity index (χ0n) is 15.8. The van der Waals surface area contributed by atoms with Gasteiger partial charge in [0.05, 0.1) is 0 Å². The van der Waals surface area contributed by atoms with Crippen molar-refractivity contribution in [3.05, 3.63) is 89.7 Å². The Morgan fingerprint density at radius 1 is 0.966 bits per heavy atom. The summed E-state index contributed by atoms with van der Waals surface area (Å²) < 4.78 is 0. The first-order chi connectivity index (χ1) is 14.2. The first-order valence-corrected chi connectivity index (χ1v) is 10.5. The summed E-state index contributed by atoms with van der Waals surface area (Å²) in [5.74, 6) is 0.530. The maximum atomic E-state index is 12.5. The topological polar surface area (TPSA) is 71.1 Å². The minimum absolute atomic E-state index is 0.0985. The number of nitrogens with one attached hydrogen (secondary N) is 2. The predicted octanol–water partition coefficient (Wildman–Crippen LogP) is 4.52. The summed E-state index contributed by atoms with van der Waals surface area (Å²) >= 11 is 1.70. The van der Waals surface area contributed by atoms with Gasteiger partial charge in [0.25, 0.3) is 11.8 Å². The number of thioether (sulfide) groups is 1. The quantitative estimate of drug-likeness (QED) is 0.569. The lowest BCUT2D eigenvalue weighted by Gasteiger charge is -2.09. The molecule has 2 amide bonds. The Balaban J connectivity index is 1.35. The van der Waals surface area contributed by atoms with E-state index >= 15 is 0 Å². The summed E-state index contributed by atoms with van der Waals surface area (Å²) in [6.07, 6.45) is 5.70. The highest BCUT2D eigenvalue weighted by Crippen LogP contribution is 2.23. The van der Waals surface area contributed by atoms with Gasteiger partial charge < -0.3 is 10.6 Å². The third kappa shape index (κ3) is 5.45. The average molecular weight is 404 g/mol. The van der Waals surface area contributed by atoms with Gasteiger partial charge in [-0.25, -0.2) is 0 Å². The van der Waals surface area contributed by atoms with Crippen LogP contribution in [0.2, 0.25) is 0 Å². The minimum Gasteiger partial charge on any atom is -0.349 e. The third-order valence-electron chi connectivity index (χ3n) is 4.54. The molecule has 1 aromatic heterocycles. The van der Waals surface area contributed by atoms with E-state index in [-0.39, 0.29) is 11.8 Å². The summed E-state index contributed by atoms with van der Waals surface area (Å²) in [6.45, 7) is 0. The molecule has 1 aliphatic carbocycles. The second-order valence-corrected chi connectivity index (χ2v) is 8.01. The minimum atomic E-state index is -0.200. The molecule has 0 aliphatic heterocycles. The molecule has 2 N–H and O–H groups in total. The number of hydrogen-bond donors (Lipinski definition) is 2. The normalized spacial score (nSPS) is 13.0. The predicted molar refractivity (Wildman–Crippen MR) is 115 cm³/mol. The van der Waals surface area contributed by atoms with E-state index in [1.807, 2.05) is 42.6 Å². The number of benzene rings is 2. The van der Waals surface area contributed by atoms with Gasteiger partial charge in [-0.05, 0) is 66.9 Å². The molecule has 5 nitrogen and oxygen atoms in total. The van der Waals surface area contributed by atoms with Crippen molar-refractivity contribution in [2.24, 2.45) is 0 Å². The molecule has 6 heteroatoms. The molecular formula is C23H21N3O2S. The van der Waals surface area contributed by atoms with Gasteiger partial charge in [0, 0.05) is 45.9 Å². The number of carbonyl (C=O) groups excluding carboxylic acids is 2. The number of rotatable bonds is 7. The molecule has 0 atom stereocenters. The fourth-order valence-electron chi connectivity index (χ4n) is 2.79. The molecule has 29 heavy (non-hydrogen) atoms. The van der Waals surface area contributed by atoms with Crippen LogP contribution in [0.15, 0.2) is 78.0 Å². The van der Waals surface area contributed by atoms with Gasteiger partial charge in [-0.2, -0.15) is 0 Å². The van der Waals surface area contributed by atoms with Gasteiger partial charge in [0.1, 0.15) is 0 Å². The molecule has 0 unspecified atom stereocenters. The zero-order chi connectivity index (χ0) is 20.1. The van der Waals surface area contributed by atoms with Gasteiger partial charge in [0.2, 0.25) is 0 Å². The number of hydrogen-bond acceptors (Lipinski definition) is 4. The SMILES string of the molecule is O=C(Nc1cccc(C(=O)NC2CC2)c1)c1ccc(SCc2cccnc2)cc1. The molecular weight excluding hydrogens is 382 g/mol. The van der Waals surface area contributed by atoms with E-state index in [4.69, 9.17) is 0 Å². The van der Waals surface area contributed by atoms with Gasteiger partial charge in [-0.3, -0.25) is 14.6 Å². The summed E-state index contributed by atoms with van der Waals surface area (Å²) in [6, 6.07) is 18.8. The highest BCUT2D eigenvalue weighted by atomic mass is 32.2. The fourth-order valence-corrected chi connectivity index (χ4v) is 3.62. The number of aromatic nitrogens is 1. The van der Waals surface area contributed by atoms with Crippen molar-refractivity contribution in [1.82, 2.24) is 10.3 Å². The van der Waals surface area contributed by atoms with Crippen LogP contribution < -0.4 is 10.6 Å². The van der Waals surface area contributed by atoms with E-state index in [1.165, 1.54) is 0 Å². The molecule has 0 bridgehead atoms. The van der Waals surface area contributed by atoms with Crippen molar-refractivity contribution in [3.63, 3.8) is 0 Å². The first-order valence-electron chi connectivity index (χ1n) is 9.51. The van der Waals surface area contributed by atoms with Crippen LogP contribution in [0.1, 0.15) is 39.1 Å². The Bertz CT molecular complexity index is 1000. The van der Waals surface area contributed by atoms with E-state index in [9.17, 15) is 9.59 Å². The van der Waals surface area contributed by atoms with Crippen LogP contribution in [0.25, 0.3) is 0 Å². The van der Waals surface area contributed by atoms with Crippen LogP contribution in [0.4, 0.5) is 5.69 Å². The van der Waals surface area contributed by atoms with Crippen molar-refractivity contribution >= 4 is 29.3 Å². The number of nitrogens with zero attached hydrogens (tertiary/aromatic N) is 1. The van der Waals surface area contributed by atoms with E-state index in [0.29, 0.717) is 22.9 Å². The molecule has 0 spiro atoms. The first kappa shape index (κ1) is 19.2. The van der Waals surface area contributed by atoms with E-state index in [0.717, 1.165) is 29.1 Å². The molecule has 1 heterocycles. The number of carbonyl (C=O) groups is 2. The lowest BCUT2D eigenvalue weighted by molar-refractivity contribution is 0.0949. The molecule has 1 fully saturated rings. The molecule has 0 radical (unpaired) electrons. The van der Waals surface area contributed by atoms with Crippen LogP contribution in [0.3, 0.4) is 0 Å². The third-order valence-corrected chi connectivity index (χ3v) is 5.62. The second-order valence-electron chi connectivity index (χ2n) is 6.96. The van der Waals surface area contributed by atoms with Crippen LogP contribution >= 0.6 is 11.8 Å². The molecule has 4 rings (SSSR count). The average Bonchev–Trinajstić information content (AvgIpc) is 3.57. The Hall–Kier alpha value is -3.12. The van der Waals surface area contributed by atoms with Crippen LogP contribution in [0, 0.1) is 0 Å².